The molecule has 4 heteroatoms. The standard InChI is InChI=1S/C12H11ClFNS/c13-10-2-1-3-11(12(10)14)15-6-4-9-5-7-16-8-9/h1-3,5,7-8,15H,4,6H2. The lowest BCUT2D eigenvalue weighted by atomic mass is 10.2. The van der Waals surface area contributed by atoms with Crippen LogP contribution in [0.3, 0.4) is 0 Å². The first-order valence-electron chi connectivity index (χ1n) is 4.96. The van der Waals surface area contributed by atoms with E-state index in [0.29, 0.717) is 12.2 Å². The van der Waals surface area contributed by atoms with Crippen LogP contribution in [0.15, 0.2) is 35.0 Å². The van der Waals surface area contributed by atoms with Gasteiger partial charge in [0.1, 0.15) is 0 Å². The average Bonchev–Trinajstić information content (AvgIpc) is 2.77. The van der Waals surface area contributed by atoms with Gasteiger partial charge in [-0.25, -0.2) is 4.39 Å². The van der Waals surface area contributed by atoms with Gasteiger partial charge in [0.25, 0.3) is 0 Å². The van der Waals surface area contributed by atoms with Crippen molar-refractivity contribution in [2.75, 3.05) is 11.9 Å². The maximum absolute atomic E-state index is 13.5. The lowest BCUT2D eigenvalue weighted by Gasteiger charge is -2.07. The Balaban J connectivity index is 1.92. The number of rotatable bonds is 4. The SMILES string of the molecule is Fc1c(Cl)cccc1NCCc1ccsc1. The summed E-state index contributed by atoms with van der Waals surface area (Å²) in [6.45, 7) is 0.702. The Bertz CT molecular complexity index is 456. The van der Waals surface area contributed by atoms with Crippen molar-refractivity contribution in [3.05, 3.63) is 51.4 Å². The highest BCUT2D eigenvalue weighted by molar-refractivity contribution is 7.07. The minimum absolute atomic E-state index is 0.153. The van der Waals surface area contributed by atoms with Gasteiger partial charge in [-0.15, -0.1) is 0 Å². The van der Waals surface area contributed by atoms with Gasteiger partial charge in [-0.2, -0.15) is 11.3 Å². The number of hydrogen-bond acceptors (Lipinski definition) is 2. The van der Waals surface area contributed by atoms with Crippen molar-refractivity contribution < 1.29 is 4.39 Å². The zero-order chi connectivity index (χ0) is 11.4. The summed E-state index contributed by atoms with van der Waals surface area (Å²) >= 11 is 7.35. The van der Waals surface area contributed by atoms with Crippen LogP contribution in [-0.2, 0) is 6.42 Å². The van der Waals surface area contributed by atoms with Gasteiger partial charge in [0.05, 0.1) is 10.7 Å². The summed E-state index contributed by atoms with van der Waals surface area (Å²) in [6, 6.07) is 7.04. The second kappa shape index (κ2) is 5.32. The van der Waals surface area contributed by atoms with Crippen LogP contribution in [0.1, 0.15) is 5.56 Å². The van der Waals surface area contributed by atoms with E-state index in [2.05, 4.69) is 16.8 Å². The van der Waals surface area contributed by atoms with Gasteiger partial charge in [-0.3, -0.25) is 0 Å². The fraction of sp³-hybridized carbons (Fsp3) is 0.167. The molecule has 0 aliphatic rings. The Kier molecular flexibility index (Phi) is 3.80. The van der Waals surface area contributed by atoms with Gasteiger partial charge in [-0.1, -0.05) is 17.7 Å². The van der Waals surface area contributed by atoms with Crippen LogP contribution in [0.2, 0.25) is 5.02 Å². The van der Waals surface area contributed by atoms with Gasteiger partial charge < -0.3 is 5.32 Å². The topological polar surface area (TPSA) is 12.0 Å². The van der Waals surface area contributed by atoms with Crippen LogP contribution >= 0.6 is 22.9 Å². The van der Waals surface area contributed by atoms with Crippen LogP contribution in [-0.4, -0.2) is 6.54 Å². The first-order chi connectivity index (χ1) is 7.77. The molecule has 0 unspecified atom stereocenters. The molecule has 2 aromatic rings. The maximum atomic E-state index is 13.5. The van der Waals surface area contributed by atoms with E-state index in [1.807, 2.05) is 5.38 Å². The third-order valence-corrected chi connectivity index (χ3v) is 3.28. The molecule has 0 bridgehead atoms. The molecule has 0 aliphatic carbocycles. The first-order valence-corrected chi connectivity index (χ1v) is 6.28. The lowest BCUT2D eigenvalue weighted by Crippen LogP contribution is -2.05. The second-order valence-electron chi connectivity index (χ2n) is 3.41. The lowest BCUT2D eigenvalue weighted by molar-refractivity contribution is 0.630. The molecule has 1 N–H and O–H groups in total. The summed E-state index contributed by atoms with van der Waals surface area (Å²) in [5.41, 5.74) is 1.72. The molecule has 0 atom stereocenters. The molecule has 1 aromatic heterocycles. The van der Waals surface area contributed by atoms with Crippen molar-refractivity contribution in [1.29, 1.82) is 0 Å². The highest BCUT2D eigenvalue weighted by Crippen LogP contribution is 2.21. The Morgan fingerprint density at radius 2 is 2.19 bits per heavy atom. The van der Waals surface area contributed by atoms with Crippen molar-refractivity contribution in [1.82, 2.24) is 0 Å². The third-order valence-electron chi connectivity index (χ3n) is 2.26. The normalized spacial score (nSPS) is 10.4. The quantitative estimate of drug-likeness (QED) is 0.864. The number of anilines is 1. The predicted octanol–water partition coefficient (Wildman–Crippen LogP) is 4.20. The smallest absolute Gasteiger partial charge is 0.164 e. The van der Waals surface area contributed by atoms with Gasteiger partial charge in [0.2, 0.25) is 0 Å². The number of thiophene rings is 1. The van der Waals surface area contributed by atoms with E-state index in [0.717, 1.165) is 6.42 Å². The molecule has 0 saturated carbocycles. The Labute approximate surface area is 103 Å². The van der Waals surface area contributed by atoms with Gasteiger partial charge >= 0.3 is 0 Å². The number of hydrogen-bond donors (Lipinski definition) is 1. The van der Waals surface area contributed by atoms with Crippen LogP contribution in [0.5, 0.6) is 0 Å². The minimum Gasteiger partial charge on any atom is -0.382 e. The van der Waals surface area contributed by atoms with Crippen LogP contribution in [0, 0.1) is 5.82 Å². The molecule has 0 amide bonds. The van der Waals surface area contributed by atoms with E-state index in [9.17, 15) is 4.39 Å². The van der Waals surface area contributed by atoms with Gasteiger partial charge in [-0.05, 0) is 40.9 Å². The molecule has 1 nitrogen and oxygen atoms in total. The molecule has 0 radical (unpaired) electrons. The van der Waals surface area contributed by atoms with E-state index in [1.54, 1.807) is 29.5 Å². The summed E-state index contributed by atoms with van der Waals surface area (Å²) in [5.74, 6) is -0.380. The number of benzene rings is 1. The molecule has 2 rings (SSSR count). The maximum Gasteiger partial charge on any atom is 0.164 e. The Morgan fingerprint density at radius 3 is 2.94 bits per heavy atom. The minimum atomic E-state index is -0.380. The molecular formula is C12H11ClFNS. The first kappa shape index (κ1) is 11.4. The van der Waals surface area contributed by atoms with E-state index in [-0.39, 0.29) is 10.8 Å². The van der Waals surface area contributed by atoms with Crippen LogP contribution in [0.25, 0.3) is 0 Å². The van der Waals surface area contributed by atoms with Crippen molar-refractivity contribution in [3.63, 3.8) is 0 Å². The highest BCUT2D eigenvalue weighted by Gasteiger charge is 2.04. The molecule has 0 saturated heterocycles. The molecular weight excluding hydrogens is 245 g/mol. The number of halogens is 2. The van der Waals surface area contributed by atoms with Crippen LogP contribution < -0.4 is 5.32 Å². The molecule has 16 heavy (non-hydrogen) atoms. The van der Waals surface area contributed by atoms with Crippen LogP contribution in [0.4, 0.5) is 10.1 Å². The van der Waals surface area contributed by atoms with E-state index in [1.165, 1.54) is 5.56 Å². The Hall–Kier alpha value is -1.06. The molecule has 0 spiro atoms. The molecule has 0 aliphatic heterocycles. The van der Waals surface area contributed by atoms with Crippen molar-refractivity contribution in [2.45, 2.75) is 6.42 Å². The van der Waals surface area contributed by atoms with Gasteiger partial charge in [0, 0.05) is 6.54 Å². The third kappa shape index (κ3) is 2.74. The zero-order valence-corrected chi connectivity index (χ0v) is 10.1. The highest BCUT2D eigenvalue weighted by atomic mass is 35.5. The summed E-state index contributed by atoms with van der Waals surface area (Å²) in [4.78, 5) is 0. The second-order valence-corrected chi connectivity index (χ2v) is 4.60. The van der Waals surface area contributed by atoms with Crippen molar-refractivity contribution >= 4 is 28.6 Å². The average molecular weight is 256 g/mol. The monoisotopic (exact) mass is 255 g/mol. The largest absolute Gasteiger partial charge is 0.382 e. The molecule has 84 valence electrons. The summed E-state index contributed by atoms with van der Waals surface area (Å²) in [5, 5.41) is 7.32. The van der Waals surface area contributed by atoms with Crippen molar-refractivity contribution in [2.24, 2.45) is 0 Å². The summed E-state index contributed by atoms with van der Waals surface area (Å²) in [6.07, 6.45) is 0.884. The number of nitrogens with one attached hydrogen (secondary N) is 1. The van der Waals surface area contributed by atoms with E-state index < -0.39 is 0 Å². The zero-order valence-electron chi connectivity index (χ0n) is 8.54. The van der Waals surface area contributed by atoms with E-state index >= 15 is 0 Å². The Morgan fingerprint density at radius 1 is 1.31 bits per heavy atom. The fourth-order valence-electron chi connectivity index (χ4n) is 1.42. The predicted molar refractivity (Wildman–Crippen MR) is 67.9 cm³/mol. The summed E-state index contributed by atoms with van der Waals surface area (Å²) < 4.78 is 13.5. The molecule has 1 heterocycles. The van der Waals surface area contributed by atoms with Crippen molar-refractivity contribution in [3.8, 4) is 0 Å². The summed E-state index contributed by atoms with van der Waals surface area (Å²) in [7, 11) is 0. The molecule has 0 fully saturated rings. The molecule has 1 aromatic carbocycles. The van der Waals surface area contributed by atoms with Gasteiger partial charge in [0.15, 0.2) is 5.82 Å². The fourth-order valence-corrected chi connectivity index (χ4v) is 2.29. The van der Waals surface area contributed by atoms with E-state index in [4.69, 9.17) is 11.6 Å².